The molecule has 1 unspecified atom stereocenters. The Morgan fingerprint density at radius 2 is 2.15 bits per heavy atom. The van der Waals surface area contributed by atoms with Crippen LogP contribution < -0.4 is 5.32 Å². The van der Waals surface area contributed by atoms with Gasteiger partial charge in [-0.1, -0.05) is 18.5 Å². The Balaban J connectivity index is 1.62. The lowest BCUT2D eigenvalue weighted by molar-refractivity contribution is -0.00858. The zero-order valence-electron chi connectivity index (χ0n) is 12.1. The summed E-state index contributed by atoms with van der Waals surface area (Å²) in [5.74, 6) is 0.771. The molecule has 0 aliphatic heterocycles. The van der Waals surface area contributed by atoms with E-state index in [0.29, 0.717) is 6.04 Å². The van der Waals surface area contributed by atoms with Gasteiger partial charge in [0, 0.05) is 17.5 Å². The van der Waals surface area contributed by atoms with Gasteiger partial charge in [0.05, 0.1) is 9.94 Å². The number of aryl methyl sites for hydroxylation is 1. The van der Waals surface area contributed by atoms with Gasteiger partial charge in [-0.3, -0.25) is 0 Å². The van der Waals surface area contributed by atoms with E-state index in [0.717, 1.165) is 55.3 Å². The van der Waals surface area contributed by atoms with Crippen molar-refractivity contribution in [2.45, 2.75) is 63.5 Å². The molecule has 2 aliphatic rings. The molecule has 3 rings (SSSR count). The van der Waals surface area contributed by atoms with E-state index in [1.165, 1.54) is 16.9 Å². The Morgan fingerprint density at radius 3 is 2.90 bits per heavy atom. The summed E-state index contributed by atoms with van der Waals surface area (Å²) in [7, 11) is 0. The molecular weight excluding hydrogens is 290 g/mol. The van der Waals surface area contributed by atoms with Gasteiger partial charge in [-0.2, -0.15) is 0 Å². The lowest BCUT2D eigenvalue weighted by atomic mass is 9.79. The predicted octanol–water partition coefficient (Wildman–Crippen LogP) is 4.31. The van der Waals surface area contributed by atoms with Crippen LogP contribution in [0.5, 0.6) is 0 Å². The Hall–Kier alpha value is -0.0900. The summed E-state index contributed by atoms with van der Waals surface area (Å²) in [6.07, 6.45) is 7.71. The van der Waals surface area contributed by atoms with Gasteiger partial charge in [-0.25, -0.2) is 0 Å². The molecule has 0 amide bonds. The molecule has 4 heteroatoms. The molecule has 0 aromatic carbocycles. The van der Waals surface area contributed by atoms with Crippen molar-refractivity contribution in [1.82, 2.24) is 5.32 Å². The molecule has 112 valence electrons. The van der Waals surface area contributed by atoms with E-state index in [9.17, 15) is 5.11 Å². The molecule has 1 heterocycles. The van der Waals surface area contributed by atoms with Crippen molar-refractivity contribution < 1.29 is 5.11 Å². The maximum atomic E-state index is 10.7. The summed E-state index contributed by atoms with van der Waals surface area (Å²) < 4.78 is 0.897. The Morgan fingerprint density at radius 1 is 1.40 bits per heavy atom. The second kappa shape index (κ2) is 5.96. The van der Waals surface area contributed by atoms with E-state index in [1.807, 2.05) is 0 Å². The minimum absolute atomic E-state index is 0.380. The summed E-state index contributed by atoms with van der Waals surface area (Å²) in [5, 5.41) is 14.3. The van der Waals surface area contributed by atoms with Crippen molar-refractivity contribution in [2.24, 2.45) is 5.92 Å². The largest absolute Gasteiger partial charge is 0.389 e. The van der Waals surface area contributed by atoms with Crippen LogP contribution in [0.3, 0.4) is 0 Å². The molecular formula is C16H24ClNOS. The number of thiophene rings is 1. The van der Waals surface area contributed by atoms with Gasteiger partial charge in [0.1, 0.15) is 0 Å². The topological polar surface area (TPSA) is 32.3 Å². The minimum Gasteiger partial charge on any atom is -0.389 e. The fourth-order valence-electron chi connectivity index (χ4n) is 3.52. The SMILES string of the molecule is CC1CCC(O)(CNC2CCCc3sc(Cl)cc32)CC1. The normalized spacial score (nSPS) is 34.0. The van der Waals surface area contributed by atoms with Crippen LogP contribution in [-0.2, 0) is 6.42 Å². The lowest BCUT2D eigenvalue weighted by Crippen LogP contribution is -2.44. The fourth-order valence-corrected chi connectivity index (χ4v) is 4.91. The molecule has 0 bridgehead atoms. The third-order valence-corrected chi connectivity index (χ3v) is 6.31. The highest BCUT2D eigenvalue weighted by atomic mass is 35.5. The Bertz CT molecular complexity index is 465. The van der Waals surface area contributed by atoms with Crippen LogP contribution in [0.1, 0.15) is 61.9 Å². The van der Waals surface area contributed by atoms with Crippen LogP contribution in [-0.4, -0.2) is 17.3 Å². The number of aliphatic hydroxyl groups is 1. The Kier molecular flexibility index (Phi) is 4.42. The van der Waals surface area contributed by atoms with Crippen LogP contribution >= 0.6 is 22.9 Å². The van der Waals surface area contributed by atoms with Gasteiger partial charge in [-0.05, 0) is 62.5 Å². The molecule has 2 aliphatic carbocycles. The second-order valence-corrected chi connectivity index (χ2v) is 8.43. The van der Waals surface area contributed by atoms with Crippen LogP contribution in [0.15, 0.2) is 6.07 Å². The first kappa shape index (κ1) is 14.8. The monoisotopic (exact) mass is 313 g/mol. The average molecular weight is 314 g/mol. The van der Waals surface area contributed by atoms with Gasteiger partial charge in [0.2, 0.25) is 0 Å². The van der Waals surface area contributed by atoms with Crippen molar-refractivity contribution >= 4 is 22.9 Å². The first-order valence-electron chi connectivity index (χ1n) is 7.80. The zero-order chi connectivity index (χ0) is 14.2. The van der Waals surface area contributed by atoms with Gasteiger partial charge < -0.3 is 10.4 Å². The second-order valence-electron chi connectivity index (χ2n) is 6.66. The first-order chi connectivity index (χ1) is 9.56. The lowest BCUT2D eigenvalue weighted by Gasteiger charge is -2.37. The summed E-state index contributed by atoms with van der Waals surface area (Å²) in [6, 6.07) is 2.50. The maximum Gasteiger partial charge on any atom is 0.0934 e. The summed E-state index contributed by atoms with van der Waals surface area (Å²) in [4.78, 5) is 1.43. The molecule has 0 saturated heterocycles. The molecule has 2 nitrogen and oxygen atoms in total. The van der Waals surface area contributed by atoms with Crippen LogP contribution in [0.25, 0.3) is 0 Å². The molecule has 1 fully saturated rings. The van der Waals surface area contributed by atoms with E-state index >= 15 is 0 Å². The zero-order valence-corrected chi connectivity index (χ0v) is 13.7. The standard InChI is InChI=1S/C16H24ClNOS/c1-11-5-7-16(19,8-6-11)10-18-13-3-2-4-14-12(13)9-15(17)20-14/h9,11,13,18-19H,2-8,10H2,1H3. The van der Waals surface area contributed by atoms with Crippen LogP contribution in [0.4, 0.5) is 0 Å². The van der Waals surface area contributed by atoms with Gasteiger partial charge in [0.25, 0.3) is 0 Å². The summed E-state index contributed by atoms with van der Waals surface area (Å²) in [5.41, 5.74) is 0.878. The predicted molar refractivity (Wildman–Crippen MR) is 85.6 cm³/mol. The molecule has 1 atom stereocenters. The highest BCUT2D eigenvalue weighted by molar-refractivity contribution is 7.16. The number of halogens is 1. The van der Waals surface area contributed by atoms with Crippen molar-refractivity contribution in [3.05, 3.63) is 20.8 Å². The minimum atomic E-state index is -0.496. The van der Waals surface area contributed by atoms with Crippen LogP contribution in [0, 0.1) is 5.92 Å². The maximum absolute atomic E-state index is 10.7. The van der Waals surface area contributed by atoms with Crippen molar-refractivity contribution in [1.29, 1.82) is 0 Å². The van der Waals surface area contributed by atoms with E-state index in [1.54, 1.807) is 11.3 Å². The highest BCUT2D eigenvalue weighted by Gasteiger charge is 2.33. The van der Waals surface area contributed by atoms with Crippen molar-refractivity contribution in [3.63, 3.8) is 0 Å². The molecule has 1 aromatic rings. The van der Waals surface area contributed by atoms with E-state index in [4.69, 9.17) is 11.6 Å². The summed E-state index contributed by atoms with van der Waals surface area (Å²) >= 11 is 7.87. The number of hydrogen-bond acceptors (Lipinski definition) is 3. The molecule has 20 heavy (non-hydrogen) atoms. The molecule has 0 spiro atoms. The van der Waals surface area contributed by atoms with E-state index in [-0.39, 0.29) is 0 Å². The number of nitrogens with one attached hydrogen (secondary N) is 1. The first-order valence-corrected chi connectivity index (χ1v) is 8.99. The average Bonchev–Trinajstić information content (AvgIpc) is 2.81. The van der Waals surface area contributed by atoms with Crippen molar-refractivity contribution in [3.8, 4) is 0 Å². The molecule has 1 saturated carbocycles. The molecule has 2 N–H and O–H groups in total. The van der Waals surface area contributed by atoms with E-state index in [2.05, 4.69) is 18.3 Å². The fraction of sp³-hybridized carbons (Fsp3) is 0.750. The highest BCUT2D eigenvalue weighted by Crippen LogP contribution is 2.38. The third-order valence-electron chi connectivity index (χ3n) is 4.97. The van der Waals surface area contributed by atoms with Gasteiger partial charge in [-0.15, -0.1) is 11.3 Å². The number of rotatable bonds is 3. The van der Waals surface area contributed by atoms with Gasteiger partial charge >= 0.3 is 0 Å². The molecule has 0 radical (unpaired) electrons. The third kappa shape index (κ3) is 3.22. The number of hydrogen-bond donors (Lipinski definition) is 2. The summed E-state index contributed by atoms with van der Waals surface area (Å²) in [6.45, 7) is 3.01. The number of fused-ring (bicyclic) bond motifs is 1. The quantitative estimate of drug-likeness (QED) is 0.871. The van der Waals surface area contributed by atoms with Crippen molar-refractivity contribution in [2.75, 3.05) is 6.54 Å². The molecule has 1 aromatic heterocycles. The van der Waals surface area contributed by atoms with Crippen LogP contribution in [0.2, 0.25) is 4.34 Å². The van der Waals surface area contributed by atoms with E-state index < -0.39 is 5.60 Å². The Labute approximate surface area is 130 Å². The smallest absolute Gasteiger partial charge is 0.0934 e. The van der Waals surface area contributed by atoms with Gasteiger partial charge in [0.15, 0.2) is 0 Å².